The van der Waals surface area contributed by atoms with Crippen molar-refractivity contribution in [2.45, 2.75) is 6.42 Å². The number of aliphatic imine (C=N–C) groups is 1. The van der Waals surface area contributed by atoms with Crippen LogP contribution >= 0.6 is 11.6 Å². The van der Waals surface area contributed by atoms with Crippen LogP contribution in [-0.4, -0.2) is 26.7 Å². The molecule has 23 heavy (non-hydrogen) atoms. The molecule has 0 saturated carbocycles. The summed E-state index contributed by atoms with van der Waals surface area (Å²) < 4.78 is 10.5. The highest BCUT2D eigenvalue weighted by Gasteiger charge is 2.06. The van der Waals surface area contributed by atoms with E-state index in [0.717, 1.165) is 17.0 Å². The average Bonchev–Trinajstić information content (AvgIpc) is 2.56. The zero-order chi connectivity index (χ0) is 16.7. The lowest BCUT2D eigenvalue weighted by molar-refractivity contribution is 0.405. The number of nitrogens with two attached hydrogens (primary N) is 1. The molecule has 0 spiro atoms. The predicted octanol–water partition coefficient (Wildman–Crippen LogP) is 3.33. The second-order valence-electron chi connectivity index (χ2n) is 4.83. The zero-order valence-corrected chi connectivity index (χ0v) is 13.9. The van der Waals surface area contributed by atoms with Crippen molar-refractivity contribution in [2.24, 2.45) is 10.7 Å². The number of anilines is 1. The second kappa shape index (κ2) is 8.29. The fraction of sp³-hybridized carbons (Fsp3) is 0.235. The van der Waals surface area contributed by atoms with Gasteiger partial charge in [0.15, 0.2) is 5.96 Å². The Balaban J connectivity index is 1.97. The molecule has 2 aromatic carbocycles. The van der Waals surface area contributed by atoms with Gasteiger partial charge in [0, 0.05) is 17.6 Å². The van der Waals surface area contributed by atoms with Gasteiger partial charge in [-0.25, -0.2) is 0 Å². The largest absolute Gasteiger partial charge is 0.497 e. The lowest BCUT2D eigenvalue weighted by atomic mass is 10.1. The third kappa shape index (κ3) is 5.07. The Bertz CT molecular complexity index is 672. The fourth-order valence-electron chi connectivity index (χ4n) is 2.05. The normalized spacial score (nSPS) is 11.2. The summed E-state index contributed by atoms with van der Waals surface area (Å²) in [6.07, 6.45) is 0.787. The number of guanidine groups is 1. The van der Waals surface area contributed by atoms with Crippen LogP contribution in [0.1, 0.15) is 5.56 Å². The molecule has 0 bridgehead atoms. The summed E-state index contributed by atoms with van der Waals surface area (Å²) in [6.45, 7) is 0.576. The van der Waals surface area contributed by atoms with Crippen LogP contribution in [0.2, 0.25) is 5.02 Å². The smallest absolute Gasteiger partial charge is 0.193 e. The summed E-state index contributed by atoms with van der Waals surface area (Å²) in [5, 5.41) is 3.76. The first kappa shape index (κ1) is 17.0. The number of nitrogens with one attached hydrogen (secondary N) is 1. The number of hydrogen-bond donors (Lipinski definition) is 2. The zero-order valence-electron chi connectivity index (χ0n) is 13.2. The summed E-state index contributed by atoms with van der Waals surface area (Å²) in [6, 6.07) is 13.1. The molecule has 2 aromatic rings. The van der Waals surface area contributed by atoms with Crippen molar-refractivity contribution in [2.75, 3.05) is 26.1 Å². The van der Waals surface area contributed by atoms with E-state index in [2.05, 4.69) is 10.3 Å². The lowest BCUT2D eigenvalue weighted by Gasteiger charge is -2.12. The fourth-order valence-corrected chi connectivity index (χ4v) is 2.17. The second-order valence-corrected chi connectivity index (χ2v) is 5.27. The highest BCUT2D eigenvalue weighted by Crippen LogP contribution is 2.28. The van der Waals surface area contributed by atoms with Gasteiger partial charge in [0.2, 0.25) is 0 Å². The number of halogens is 1. The van der Waals surface area contributed by atoms with Crippen molar-refractivity contribution in [3.05, 3.63) is 53.1 Å². The molecule has 0 saturated heterocycles. The third-order valence-corrected chi connectivity index (χ3v) is 3.52. The molecule has 5 nitrogen and oxygen atoms in total. The Labute approximate surface area is 141 Å². The van der Waals surface area contributed by atoms with Crippen LogP contribution in [0.3, 0.4) is 0 Å². The summed E-state index contributed by atoms with van der Waals surface area (Å²) in [4.78, 5) is 4.32. The molecule has 0 aliphatic rings. The van der Waals surface area contributed by atoms with Crippen LogP contribution in [0.15, 0.2) is 47.5 Å². The molecule has 2 rings (SSSR count). The minimum Gasteiger partial charge on any atom is -0.497 e. The van der Waals surface area contributed by atoms with E-state index >= 15 is 0 Å². The first-order valence-corrected chi connectivity index (χ1v) is 7.53. The van der Waals surface area contributed by atoms with Crippen molar-refractivity contribution in [1.29, 1.82) is 0 Å². The molecule has 0 amide bonds. The number of nitrogens with zero attached hydrogens (tertiary/aromatic N) is 1. The SMILES string of the molecule is COc1ccc(OC)c(NC(N)=NCCc2ccc(Cl)cc2)c1. The van der Waals surface area contributed by atoms with Gasteiger partial charge in [0.1, 0.15) is 11.5 Å². The summed E-state index contributed by atoms with van der Waals surface area (Å²) in [5.41, 5.74) is 7.80. The number of benzene rings is 2. The summed E-state index contributed by atoms with van der Waals surface area (Å²) in [5.74, 6) is 1.70. The van der Waals surface area contributed by atoms with Crippen LogP contribution in [-0.2, 0) is 6.42 Å². The molecule has 3 N–H and O–H groups in total. The Morgan fingerprint density at radius 1 is 1.13 bits per heavy atom. The Morgan fingerprint density at radius 2 is 1.87 bits per heavy atom. The van der Waals surface area contributed by atoms with E-state index in [1.54, 1.807) is 20.3 Å². The molecule has 0 aliphatic heterocycles. The van der Waals surface area contributed by atoms with Crippen LogP contribution in [0, 0.1) is 0 Å². The van der Waals surface area contributed by atoms with Crippen LogP contribution in [0.5, 0.6) is 11.5 Å². The van der Waals surface area contributed by atoms with Crippen molar-refractivity contribution < 1.29 is 9.47 Å². The van der Waals surface area contributed by atoms with Gasteiger partial charge in [-0.3, -0.25) is 4.99 Å². The van der Waals surface area contributed by atoms with Gasteiger partial charge in [-0.15, -0.1) is 0 Å². The van der Waals surface area contributed by atoms with Crippen LogP contribution < -0.4 is 20.5 Å². The van der Waals surface area contributed by atoms with Crippen LogP contribution in [0.25, 0.3) is 0 Å². The molecule has 0 fully saturated rings. The molecule has 0 radical (unpaired) electrons. The number of ether oxygens (including phenoxy) is 2. The molecule has 0 heterocycles. The van der Waals surface area contributed by atoms with E-state index in [-0.39, 0.29) is 0 Å². The van der Waals surface area contributed by atoms with E-state index in [9.17, 15) is 0 Å². The summed E-state index contributed by atoms with van der Waals surface area (Å²) in [7, 11) is 3.20. The van der Waals surface area contributed by atoms with E-state index < -0.39 is 0 Å². The van der Waals surface area contributed by atoms with Gasteiger partial charge in [0.25, 0.3) is 0 Å². The van der Waals surface area contributed by atoms with Gasteiger partial charge in [0.05, 0.1) is 19.9 Å². The monoisotopic (exact) mass is 333 g/mol. The molecule has 6 heteroatoms. The van der Waals surface area contributed by atoms with Crippen molar-refractivity contribution in [3.63, 3.8) is 0 Å². The maximum Gasteiger partial charge on any atom is 0.193 e. The molecule has 122 valence electrons. The molecular weight excluding hydrogens is 314 g/mol. The first-order valence-electron chi connectivity index (χ1n) is 7.16. The maximum atomic E-state index is 5.93. The van der Waals surface area contributed by atoms with E-state index in [1.807, 2.05) is 36.4 Å². The Hall–Kier alpha value is -2.40. The molecule has 0 unspecified atom stereocenters. The maximum absolute atomic E-state index is 5.93. The minimum absolute atomic E-state index is 0.325. The highest BCUT2D eigenvalue weighted by molar-refractivity contribution is 6.30. The molecular formula is C17H20ClN3O2. The minimum atomic E-state index is 0.325. The predicted molar refractivity (Wildman–Crippen MR) is 94.8 cm³/mol. The van der Waals surface area contributed by atoms with Crippen LogP contribution in [0.4, 0.5) is 5.69 Å². The molecule has 0 atom stereocenters. The van der Waals surface area contributed by atoms with Crippen molar-refractivity contribution in [3.8, 4) is 11.5 Å². The van der Waals surface area contributed by atoms with Gasteiger partial charge in [-0.05, 0) is 36.2 Å². The number of methoxy groups -OCH3 is 2. The van der Waals surface area contributed by atoms with Gasteiger partial charge < -0.3 is 20.5 Å². The lowest BCUT2D eigenvalue weighted by Crippen LogP contribution is -2.23. The van der Waals surface area contributed by atoms with Crippen molar-refractivity contribution in [1.82, 2.24) is 0 Å². The topological polar surface area (TPSA) is 68.9 Å². The third-order valence-electron chi connectivity index (χ3n) is 3.27. The van der Waals surface area contributed by atoms with Gasteiger partial charge in [-0.2, -0.15) is 0 Å². The van der Waals surface area contributed by atoms with Gasteiger partial charge in [-0.1, -0.05) is 23.7 Å². The first-order chi connectivity index (χ1) is 11.1. The molecule has 0 aromatic heterocycles. The number of rotatable bonds is 6. The number of hydrogen-bond acceptors (Lipinski definition) is 3. The Kier molecular flexibility index (Phi) is 6.11. The summed E-state index contributed by atoms with van der Waals surface area (Å²) >= 11 is 5.86. The van der Waals surface area contributed by atoms with E-state index in [1.165, 1.54) is 0 Å². The average molecular weight is 334 g/mol. The Morgan fingerprint density at radius 3 is 2.52 bits per heavy atom. The highest BCUT2D eigenvalue weighted by atomic mass is 35.5. The molecule has 0 aliphatic carbocycles. The van der Waals surface area contributed by atoms with E-state index in [4.69, 9.17) is 26.8 Å². The van der Waals surface area contributed by atoms with E-state index in [0.29, 0.717) is 29.7 Å². The van der Waals surface area contributed by atoms with Gasteiger partial charge >= 0.3 is 0 Å². The standard InChI is InChI=1S/C17H20ClN3O2/c1-22-14-7-8-16(23-2)15(11-14)21-17(19)20-10-9-12-3-5-13(18)6-4-12/h3-8,11H,9-10H2,1-2H3,(H3,19,20,21). The quantitative estimate of drug-likeness (QED) is 0.628. The van der Waals surface area contributed by atoms with Crippen molar-refractivity contribution >= 4 is 23.2 Å².